The number of anilines is 1. The van der Waals surface area contributed by atoms with Gasteiger partial charge in [-0.15, -0.1) is 0 Å². The van der Waals surface area contributed by atoms with Crippen molar-refractivity contribution < 1.29 is 0 Å². The van der Waals surface area contributed by atoms with Gasteiger partial charge < -0.3 is 16.0 Å². The fourth-order valence-corrected chi connectivity index (χ4v) is 4.03. The van der Waals surface area contributed by atoms with Crippen molar-refractivity contribution in [3.05, 3.63) is 108 Å². The van der Waals surface area contributed by atoms with Gasteiger partial charge in [-0.2, -0.15) is 0 Å². The monoisotopic (exact) mass is 473 g/mol. The van der Waals surface area contributed by atoms with Crippen molar-refractivity contribution in [2.45, 2.75) is 13.8 Å². The number of rotatable bonds is 9. The molecular weight excluding hydrogens is 442 g/mol. The predicted octanol–water partition coefficient (Wildman–Crippen LogP) is 7.03. The van der Waals surface area contributed by atoms with Crippen LogP contribution in [0.1, 0.15) is 18.1 Å². The van der Waals surface area contributed by atoms with Crippen molar-refractivity contribution in [1.82, 2.24) is 15.3 Å². The van der Waals surface area contributed by atoms with Gasteiger partial charge in [0, 0.05) is 25.4 Å². The number of aromatic nitrogens is 2. The van der Waals surface area contributed by atoms with Crippen molar-refractivity contribution in [3.63, 3.8) is 0 Å². The van der Waals surface area contributed by atoms with E-state index in [0.717, 1.165) is 50.1 Å². The van der Waals surface area contributed by atoms with E-state index in [1.165, 1.54) is 6.21 Å². The van der Waals surface area contributed by atoms with E-state index in [2.05, 4.69) is 73.0 Å². The summed E-state index contributed by atoms with van der Waals surface area (Å²) in [7, 11) is 1.89. The van der Waals surface area contributed by atoms with E-state index in [1.54, 1.807) is 6.08 Å². The van der Waals surface area contributed by atoms with E-state index in [9.17, 15) is 0 Å². The van der Waals surface area contributed by atoms with Gasteiger partial charge in [-0.1, -0.05) is 72.3 Å². The minimum Gasteiger partial charge on any atom is -0.394 e. The van der Waals surface area contributed by atoms with Gasteiger partial charge in [0.25, 0.3) is 0 Å². The van der Waals surface area contributed by atoms with Crippen LogP contribution in [-0.4, -0.2) is 29.8 Å². The standard InChI is InChI=1S/C31H31N5/c1-22(10-7-8-18-32)21-34-31-29-27(25-11-5-4-6-12-25)13-9-14-28(29)35-30(36-31)26-16-15-24(17-19-33-3)23(2)20-26/h4-20,32-33H,21H2,1-3H3,(H,34,35,36)/b8-7-,19-17-,22-10+,32-18?. The van der Waals surface area contributed by atoms with Gasteiger partial charge in [-0.25, -0.2) is 9.97 Å². The minimum atomic E-state index is 0.629. The van der Waals surface area contributed by atoms with E-state index in [-0.39, 0.29) is 0 Å². The molecule has 0 bridgehead atoms. The SMILES string of the molecule is CN/C=C\c1ccc(-c2nc(NC/C(C)=C/C=C\C=N)c3c(-c4ccccc4)cccc3n2)cc1C. The van der Waals surface area contributed by atoms with Gasteiger partial charge in [0.2, 0.25) is 0 Å². The minimum absolute atomic E-state index is 0.629. The van der Waals surface area contributed by atoms with E-state index in [1.807, 2.05) is 49.7 Å². The molecule has 36 heavy (non-hydrogen) atoms. The summed E-state index contributed by atoms with van der Waals surface area (Å²) in [5.74, 6) is 1.49. The van der Waals surface area contributed by atoms with Crippen LogP contribution in [0.4, 0.5) is 5.82 Å². The maximum absolute atomic E-state index is 7.17. The molecular formula is C31H31N5. The Morgan fingerprint density at radius 2 is 1.78 bits per heavy atom. The highest BCUT2D eigenvalue weighted by atomic mass is 15.0. The number of fused-ring (bicyclic) bond motifs is 1. The molecule has 1 heterocycles. The Labute approximate surface area is 212 Å². The van der Waals surface area contributed by atoms with Crippen LogP contribution in [-0.2, 0) is 0 Å². The van der Waals surface area contributed by atoms with Gasteiger partial charge in [0.05, 0.1) is 10.9 Å². The van der Waals surface area contributed by atoms with Gasteiger partial charge in [0.1, 0.15) is 5.82 Å². The maximum atomic E-state index is 7.17. The highest BCUT2D eigenvalue weighted by Crippen LogP contribution is 2.34. The molecule has 180 valence electrons. The second-order valence-electron chi connectivity index (χ2n) is 8.57. The fourth-order valence-electron chi connectivity index (χ4n) is 4.03. The van der Waals surface area contributed by atoms with Crippen LogP contribution in [0.3, 0.4) is 0 Å². The zero-order valence-electron chi connectivity index (χ0n) is 20.9. The summed E-state index contributed by atoms with van der Waals surface area (Å²) < 4.78 is 0. The molecule has 0 aliphatic carbocycles. The van der Waals surface area contributed by atoms with Gasteiger partial charge >= 0.3 is 0 Å². The lowest BCUT2D eigenvalue weighted by molar-refractivity contribution is 1.11. The number of allylic oxidation sites excluding steroid dienone is 3. The summed E-state index contributed by atoms with van der Waals surface area (Å²) >= 11 is 0. The number of nitrogens with zero attached hydrogens (tertiary/aromatic N) is 2. The molecule has 0 unspecified atom stereocenters. The number of hydrogen-bond donors (Lipinski definition) is 3. The quantitative estimate of drug-likeness (QED) is 0.180. The van der Waals surface area contributed by atoms with E-state index < -0.39 is 0 Å². The molecule has 0 fully saturated rings. The van der Waals surface area contributed by atoms with Gasteiger partial charge in [-0.05, 0) is 66.6 Å². The first-order chi connectivity index (χ1) is 17.6. The molecule has 0 amide bonds. The Kier molecular flexibility index (Phi) is 8.04. The highest BCUT2D eigenvalue weighted by molar-refractivity contribution is 6.02. The highest BCUT2D eigenvalue weighted by Gasteiger charge is 2.14. The zero-order valence-corrected chi connectivity index (χ0v) is 20.9. The molecule has 3 aromatic carbocycles. The molecule has 5 nitrogen and oxygen atoms in total. The largest absolute Gasteiger partial charge is 0.394 e. The van der Waals surface area contributed by atoms with Crippen LogP contribution in [0.15, 0.2) is 96.7 Å². The van der Waals surface area contributed by atoms with Crippen molar-refractivity contribution in [2.75, 3.05) is 18.9 Å². The number of aryl methyl sites for hydroxylation is 1. The Bertz CT molecular complexity index is 1450. The Morgan fingerprint density at radius 1 is 0.944 bits per heavy atom. The lowest BCUT2D eigenvalue weighted by atomic mass is 10.00. The smallest absolute Gasteiger partial charge is 0.162 e. The molecule has 5 heteroatoms. The lowest BCUT2D eigenvalue weighted by Gasteiger charge is -2.15. The molecule has 0 atom stereocenters. The molecule has 4 aromatic rings. The topological polar surface area (TPSA) is 73.7 Å². The molecule has 3 N–H and O–H groups in total. The van der Waals surface area contributed by atoms with E-state index >= 15 is 0 Å². The fraction of sp³-hybridized carbons (Fsp3) is 0.129. The molecule has 0 saturated carbocycles. The van der Waals surface area contributed by atoms with Crippen LogP contribution in [0.5, 0.6) is 0 Å². The average molecular weight is 474 g/mol. The Balaban J connectivity index is 1.83. The van der Waals surface area contributed by atoms with Crippen LogP contribution in [0.2, 0.25) is 0 Å². The summed E-state index contributed by atoms with van der Waals surface area (Å²) in [4.78, 5) is 10.0. The number of nitrogens with one attached hydrogen (secondary N) is 3. The second-order valence-corrected chi connectivity index (χ2v) is 8.57. The third-order valence-corrected chi connectivity index (χ3v) is 5.89. The molecule has 4 rings (SSSR count). The second kappa shape index (κ2) is 11.8. The van der Waals surface area contributed by atoms with Crippen molar-refractivity contribution >= 4 is 29.0 Å². The summed E-state index contributed by atoms with van der Waals surface area (Å²) in [6.45, 7) is 4.79. The molecule has 0 aliphatic rings. The van der Waals surface area contributed by atoms with E-state index in [4.69, 9.17) is 15.4 Å². The predicted molar refractivity (Wildman–Crippen MR) is 153 cm³/mol. The molecule has 0 spiro atoms. The zero-order chi connectivity index (χ0) is 25.3. The normalized spacial score (nSPS) is 11.9. The van der Waals surface area contributed by atoms with E-state index in [0.29, 0.717) is 12.4 Å². The van der Waals surface area contributed by atoms with Crippen LogP contribution in [0.25, 0.3) is 39.5 Å². The van der Waals surface area contributed by atoms with Gasteiger partial charge in [0.15, 0.2) is 5.82 Å². The Hall–Kier alpha value is -4.51. The first kappa shape index (κ1) is 24.6. The van der Waals surface area contributed by atoms with Gasteiger partial charge in [-0.3, -0.25) is 0 Å². The summed E-state index contributed by atoms with van der Waals surface area (Å²) in [6, 6.07) is 22.9. The average Bonchev–Trinajstić information content (AvgIpc) is 2.91. The number of benzene rings is 3. The Morgan fingerprint density at radius 3 is 2.53 bits per heavy atom. The first-order valence-electron chi connectivity index (χ1n) is 12.0. The third kappa shape index (κ3) is 5.76. The summed E-state index contributed by atoms with van der Waals surface area (Å²) in [5, 5.41) is 14.8. The van der Waals surface area contributed by atoms with Crippen LogP contribution >= 0.6 is 0 Å². The number of hydrogen-bond acceptors (Lipinski definition) is 5. The molecule has 0 aliphatic heterocycles. The third-order valence-electron chi connectivity index (χ3n) is 5.89. The molecule has 1 aromatic heterocycles. The lowest BCUT2D eigenvalue weighted by Crippen LogP contribution is -2.07. The summed E-state index contributed by atoms with van der Waals surface area (Å²) in [6.07, 6.45) is 10.8. The van der Waals surface area contributed by atoms with Crippen molar-refractivity contribution in [1.29, 1.82) is 5.41 Å². The van der Waals surface area contributed by atoms with Crippen LogP contribution in [0, 0.1) is 12.3 Å². The summed E-state index contributed by atoms with van der Waals surface area (Å²) in [5.41, 5.74) is 7.53. The maximum Gasteiger partial charge on any atom is 0.162 e. The molecule has 0 radical (unpaired) electrons. The van der Waals surface area contributed by atoms with Crippen LogP contribution < -0.4 is 10.6 Å². The molecule has 0 saturated heterocycles. The van der Waals surface area contributed by atoms with Crippen molar-refractivity contribution in [3.8, 4) is 22.5 Å². The first-order valence-corrected chi connectivity index (χ1v) is 12.0. The van der Waals surface area contributed by atoms with Crippen molar-refractivity contribution in [2.24, 2.45) is 0 Å².